The Bertz CT molecular complexity index is 539. The van der Waals surface area contributed by atoms with Crippen LogP contribution in [0, 0.1) is 18.3 Å². The van der Waals surface area contributed by atoms with E-state index in [-0.39, 0.29) is 28.6 Å². The van der Waals surface area contributed by atoms with Crippen molar-refractivity contribution in [2.75, 3.05) is 7.11 Å². The Labute approximate surface area is 132 Å². The summed E-state index contributed by atoms with van der Waals surface area (Å²) in [6.45, 7) is 13.6. The van der Waals surface area contributed by atoms with E-state index >= 15 is 0 Å². The van der Waals surface area contributed by atoms with Gasteiger partial charge in [0.25, 0.3) is 0 Å². The van der Waals surface area contributed by atoms with Gasteiger partial charge in [0.1, 0.15) is 0 Å². The largest absolute Gasteiger partial charge is 0.469 e. The molecule has 0 N–H and O–H groups in total. The molecule has 0 bridgehead atoms. The molecule has 0 radical (unpaired) electrons. The molecular weight excluding hydrogens is 280 g/mol. The van der Waals surface area contributed by atoms with Crippen molar-refractivity contribution in [3.05, 3.63) is 21.4 Å². The van der Waals surface area contributed by atoms with E-state index in [1.165, 1.54) is 22.4 Å². The van der Waals surface area contributed by atoms with Gasteiger partial charge in [-0.15, -0.1) is 11.3 Å². The molecule has 1 aromatic heterocycles. The number of carbonyl (C=O) groups is 1. The molecule has 2 rings (SSSR count). The predicted octanol–water partition coefficient (Wildman–Crippen LogP) is 5.05. The number of ether oxygens (including phenoxy) is 1. The van der Waals surface area contributed by atoms with Gasteiger partial charge in [-0.2, -0.15) is 0 Å². The van der Waals surface area contributed by atoms with E-state index in [1.54, 1.807) is 0 Å². The van der Waals surface area contributed by atoms with Crippen LogP contribution in [0.5, 0.6) is 0 Å². The summed E-state index contributed by atoms with van der Waals surface area (Å²) in [5, 5.41) is 0. The van der Waals surface area contributed by atoms with Gasteiger partial charge in [-0.1, -0.05) is 34.6 Å². The highest BCUT2D eigenvalue weighted by atomic mass is 32.1. The second-order valence-electron chi connectivity index (χ2n) is 7.50. The quantitative estimate of drug-likeness (QED) is 0.731. The standard InChI is InChI=1S/C18H28O2S/c1-8-12(16(19)20-7)14-10-17(3,4)18(5,6)15-13(14)9-11(2)21-15/h9,12,14H,8,10H2,1-7H3. The Morgan fingerprint density at radius 2 is 2.05 bits per heavy atom. The molecule has 1 heterocycles. The van der Waals surface area contributed by atoms with E-state index in [9.17, 15) is 4.79 Å². The van der Waals surface area contributed by atoms with E-state index in [0.717, 1.165) is 12.8 Å². The second-order valence-corrected chi connectivity index (χ2v) is 8.76. The van der Waals surface area contributed by atoms with Gasteiger partial charge in [-0.3, -0.25) is 4.79 Å². The third kappa shape index (κ3) is 2.54. The van der Waals surface area contributed by atoms with Crippen molar-refractivity contribution >= 4 is 17.3 Å². The van der Waals surface area contributed by atoms with Gasteiger partial charge in [0.15, 0.2) is 0 Å². The van der Waals surface area contributed by atoms with Gasteiger partial charge in [0.2, 0.25) is 0 Å². The fourth-order valence-corrected chi connectivity index (χ4v) is 5.01. The maximum atomic E-state index is 12.2. The molecule has 0 saturated heterocycles. The number of hydrogen-bond donors (Lipinski definition) is 0. The third-order valence-electron chi connectivity index (χ3n) is 5.70. The summed E-state index contributed by atoms with van der Waals surface area (Å²) < 4.78 is 5.06. The van der Waals surface area contributed by atoms with Crippen molar-refractivity contribution < 1.29 is 9.53 Å². The number of rotatable bonds is 3. The first-order valence-electron chi connectivity index (χ1n) is 7.84. The average molecular weight is 308 g/mol. The lowest BCUT2D eigenvalue weighted by Gasteiger charge is -2.49. The first kappa shape index (κ1) is 16.5. The normalized spacial score (nSPS) is 24.2. The molecule has 0 aliphatic heterocycles. The molecule has 0 amide bonds. The van der Waals surface area contributed by atoms with E-state index in [0.29, 0.717) is 0 Å². The molecular formula is C18H28O2S. The first-order valence-corrected chi connectivity index (χ1v) is 8.66. The van der Waals surface area contributed by atoms with E-state index in [4.69, 9.17) is 4.74 Å². The Hall–Kier alpha value is -0.830. The molecule has 0 aromatic carbocycles. The molecule has 2 atom stereocenters. The lowest BCUT2D eigenvalue weighted by Crippen LogP contribution is -2.43. The van der Waals surface area contributed by atoms with Crippen LogP contribution in [0.2, 0.25) is 0 Å². The summed E-state index contributed by atoms with van der Waals surface area (Å²) >= 11 is 1.90. The summed E-state index contributed by atoms with van der Waals surface area (Å²) in [6, 6.07) is 2.30. The summed E-state index contributed by atoms with van der Waals surface area (Å²) in [7, 11) is 1.50. The summed E-state index contributed by atoms with van der Waals surface area (Å²) in [4.78, 5) is 15.0. The fraction of sp³-hybridized carbons (Fsp3) is 0.722. The lowest BCUT2D eigenvalue weighted by molar-refractivity contribution is -0.147. The van der Waals surface area contributed by atoms with Crippen LogP contribution in [0.3, 0.4) is 0 Å². The Morgan fingerprint density at radius 1 is 1.43 bits per heavy atom. The average Bonchev–Trinajstić information content (AvgIpc) is 2.79. The van der Waals surface area contributed by atoms with Gasteiger partial charge in [0.05, 0.1) is 13.0 Å². The number of esters is 1. The molecule has 2 unspecified atom stereocenters. The highest BCUT2D eigenvalue weighted by molar-refractivity contribution is 7.12. The maximum Gasteiger partial charge on any atom is 0.309 e. The molecule has 0 fully saturated rings. The summed E-state index contributed by atoms with van der Waals surface area (Å²) in [5.41, 5.74) is 1.70. The van der Waals surface area contributed by atoms with Gasteiger partial charge >= 0.3 is 5.97 Å². The molecule has 3 heteroatoms. The lowest BCUT2D eigenvalue weighted by atomic mass is 9.56. The topological polar surface area (TPSA) is 26.3 Å². The van der Waals surface area contributed by atoms with Crippen LogP contribution in [-0.2, 0) is 14.9 Å². The minimum Gasteiger partial charge on any atom is -0.469 e. The maximum absolute atomic E-state index is 12.2. The molecule has 21 heavy (non-hydrogen) atoms. The van der Waals surface area contributed by atoms with Gasteiger partial charge in [-0.25, -0.2) is 0 Å². The van der Waals surface area contributed by atoms with Gasteiger partial charge in [-0.05, 0) is 42.7 Å². The molecule has 1 aromatic rings. The zero-order chi connectivity index (χ0) is 16.0. The Kier molecular flexibility index (Phi) is 4.27. The summed E-state index contributed by atoms with van der Waals surface area (Å²) in [5.74, 6) is 0.191. The van der Waals surface area contributed by atoms with Crippen molar-refractivity contribution in [3.63, 3.8) is 0 Å². The zero-order valence-electron chi connectivity index (χ0n) is 14.4. The van der Waals surface area contributed by atoms with Crippen LogP contribution in [0.4, 0.5) is 0 Å². The molecule has 0 spiro atoms. The number of methoxy groups -OCH3 is 1. The van der Waals surface area contributed by atoms with Crippen LogP contribution in [0.25, 0.3) is 0 Å². The van der Waals surface area contributed by atoms with E-state index in [2.05, 4.69) is 47.6 Å². The van der Waals surface area contributed by atoms with Gasteiger partial charge < -0.3 is 4.74 Å². The minimum absolute atomic E-state index is 0.0295. The number of carbonyl (C=O) groups excluding carboxylic acids is 1. The van der Waals surface area contributed by atoms with E-state index < -0.39 is 0 Å². The highest BCUT2D eigenvalue weighted by Gasteiger charge is 2.49. The number of fused-ring (bicyclic) bond motifs is 1. The molecule has 2 nitrogen and oxygen atoms in total. The van der Waals surface area contributed by atoms with Crippen LogP contribution in [-0.4, -0.2) is 13.1 Å². The number of hydrogen-bond acceptors (Lipinski definition) is 3. The van der Waals surface area contributed by atoms with Crippen LogP contribution < -0.4 is 0 Å². The Morgan fingerprint density at radius 3 is 2.57 bits per heavy atom. The summed E-state index contributed by atoms with van der Waals surface area (Å²) in [6.07, 6.45) is 1.87. The van der Waals surface area contributed by atoms with Crippen molar-refractivity contribution in [1.82, 2.24) is 0 Å². The molecule has 1 aliphatic carbocycles. The highest BCUT2D eigenvalue weighted by Crippen LogP contribution is 2.58. The smallest absolute Gasteiger partial charge is 0.309 e. The molecule has 0 saturated carbocycles. The van der Waals surface area contributed by atoms with Crippen molar-refractivity contribution in [2.24, 2.45) is 11.3 Å². The predicted molar refractivity (Wildman–Crippen MR) is 89.0 cm³/mol. The van der Waals surface area contributed by atoms with Crippen LogP contribution in [0.15, 0.2) is 6.07 Å². The van der Waals surface area contributed by atoms with Crippen LogP contribution >= 0.6 is 11.3 Å². The Balaban J connectivity index is 2.56. The SMILES string of the molecule is CCC(C(=O)OC)C1CC(C)(C)C(C)(C)c2sc(C)cc21. The monoisotopic (exact) mass is 308 g/mol. The molecule has 1 aliphatic rings. The first-order chi connectivity index (χ1) is 9.65. The second kappa shape index (κ2) is 5.42. The zero-order valence-corrected chi connectivity index (χ0v) is 15.2. The number of aryl methyl sites for hydroxylation is 1. The third-order valence-corrected chi connectivity index (χ3v) is 7.09. The van der Waals surface area contributed by atoms with Crippen molar-refractivity contribution in [1.29, 1.82) is 0 Å². The minimum atomic E-state index is -0.0622. The molecule has 118 valence electrons. The van der Waals surface area contributed by atoms with Crippen LogP contribution in [0.1, 0.15) is 68.7 Å². The van der Waals surface area contributed by atoms with Crippen molar-refractivity contribution in [2.45, 2.75) is 65.7 Å². The van der Waals surface area contributed by atoms with E-state index in [1.807, 2.05) is 11.3 Å². The van der Waals surface area contributed by atoms with Gasteiger partial charge in [0, 0.05) is 15.2 Å². The van der Waals surface area contributed by atoms with Crippen molar-refractivity contribution in [3.8, 4) is 0 Å². The fourth-order valence-electron chi connectivity index (χ4n) is 3.65. The number of thiophene rings is 1.